The van der Waals surface area contributed by atoms with Crippen LogP contribution in [0.25, 0.3) is 0 Å². The van der Waals surface area contributed by atoms with Crippen molar-refractivity contribution < 1.29 is 9.53 Å². The van der Waals surface area contributed by atoms with E-state index in [4.69, 9.17) is 4.74 Å². The number of cyclic esters (lactones) is 1. The zero-order chi connectivity index (χ0) is 11.1. The highest BCUT2D eigenvalue weighted by Crippen LogP contribution is 2.25. The molecule has 1 aliphatic heterocycles. The van der Waals surface area contributed by atoms with Crippen LogP contribution in [0.3, 0.4) is 0 Å². The van der Waals surface area contributed by atoms with Crippen LogP contribution in [0.5, 0.6) is 0 Å². The lowest BCUT2D eigenvalue weighted by atomic mass is 10.00. The summed E-state index contributed by atoms with van der Waals surface area (Å²) in [6.45, 7) is 4.91. The summed E-state index contributed by atoms with van der Waals surface area (Å²) in [6.07, 6.45) is 7.85. The number of carbonyl (C=O) groups excluding carboxylic acids is 1. The minimum absolute atomic E-state index is 0.0581. The smallest absolute Gasteiger partial charge is 0.334 e. The van der Waals surface area contributed by atoms with Crippen molar-refractivity contribution in [2.24, 2.45) is 0 Å². The van der Waals surface area contributed by atoms with E-state index in [0.29, 0.717) is 6.61 Å². The number of carbonyl (C=O) groups is 1. The first-order valence-electron chi connectivity index (χ1n) is 6.17. The number of esters is 1. The van der Waals surface area contributed by atoms with Crippen molar-refractivity contribution in [2.75, 3.05) is 6.61 Å². The average molecular weight is 210 g/mol. The van der Waals surface area contributed by atoms with Crippen LogP contribution in [0, 0.1) is 0 Å². The first kappa shape index (κ1) is 12.3. The van der Waals surface area contributed by atoms with Crippen molar-refractivity contribution in [1.29, 1.82) is 0 Å². The van der Waals surface area contributed by atoms with Crippen LogP contribution in [0.1, 0.15) is 58.8 Å². The lowest BCUT2D eigenvalue weighted by Gasteiger charge is -2.02. The van der Waals surface area contributed by atoms with Gasteiger partial charge in [0.1, 0.15) is 6.61 Å². The van der Waals surface area contributed by atoms with E-state index in [0.717, 1.165) is 24.8 Å². The van der Waals surface area contributed by atoms with E-state index in [1.54, 1.807) is 0 Å². The van der Waals surface area contributed by atoms with Crippen LogP contribution in [-0.2, 0) is 9.53 Å². The molecule has 2 heteroatoms. The van der Waals surface area contributed by atoms with E-state index >= 15 is 0 Å². The van der Waals surface area contributed by atoms with Gasteiger partial charge in [0.15, 0.2) is 0 Å². The first-order chi connectivity index (χ1) is 7.29. The maximum Gasteiger partial charge on any atom is 0.334 e. The van der Waals surface area contributed by atoms with Crippen molar-refractivity contribution in [3.63, 3.8) is 0 Å². The summed E-state index contributed by atoms with van der Waals surface area (Å²) in [5.74, 6) is -0.0581. The zero-order valence-corrected chi connectivity index (χ0v) is 9.97. The highest BCUT2D eigenvalue weighted by molar-refractivity contribution is 5.91. The third-order valence-corrected chi connectivity index (χ3v) is 2.91. The largest absolute Gasteiger partial charge is 0.458 e. The molecule has 0 aromatic carbocycles. The van der Waals surface area contributed by atoms with E-state index in [1.165, 1.54) is 31.3 Å². The number of unbranched alkanes of at least 4 members (excludes halogenated alkanes) is 3. The van der Waals surface area contributed by atoms with Gasteiger partial charge in [0, 0.05) is 5.57 Å². The van der Waals surface area contributed by atoms with Crippen LogP contribution >= 0.6 is 0 Å². The molecule has 0 bridgehead atoms. The van der Waals surface area contributed by atoms with Gasteiger partial charge in [-0.2, -0.15) is 0 Å². The van der Waals surface area contributed by atoms with E-state index in [2.05, 4.69) is 13.8 Å². The predicted molar refractivity (Wildman–Crippen MR) is 61.7 cm³/mol. The molecule has 86 valence electrons. The summed E-state index contributed by atoms with van der Waals surface area (Å²) in [5.41, 5.74) is 2.25. The second-order valence-electron chi connectivity index (χ2n) is 4.22. The molecule has 0 saturated carbocycles. The van der Waals surface area contributed by atoms with Gasteiger partial charge in [0.25, 0.3) is 0 Å². The van der Waals surface area contributed by atoms with Gasteiger partial charge in [-0.25, -0.2) is 4.79 Å². The van der Waals surface area contributed by atoms with Crippen LogP contribution in [-0.4, -0.2) is 12.6 Å². The fraction of sp³-hybridized carbons (Fsp3) is 0.769. The molecule has 15 heavy (non-hydrogen) atoms. The highest BCUT2D eigenvalue weighted by atomic mass is 16.5. The highest BCUT2D eigenvalue weighted by Gasteiger charge is 2.23. The number of rotatable bonds is 7. The van der Waals surface area contributed by atoms with Gasteiger partial charge < -0.3 is 4.74 Å². The monoisotopic (exact) mass is 210 g/mol. The van der Waals surface area contributed by atoms with Gasteiger partial charge in [-0.05, 0) is 31.3 Å². The van der Waals surface area contributed by atoms with Crippen molar-refractivity contribution in [3.05, 3.63) is 11.1 Å². The summed E-state index contributed by atoms with van der Waals surface area (Å²) in [6, 6.07) is 0. The van der Waals surface area contributed by atoms with Crippen molar-refractivity contribution in [1.82, 2.24) is 0 Å². The molecule has 0 radical (unpaired) electrons. The summed E-state index contributed by atoms with van der Waals surface area (Å²) in [7, 11) is 0. The van der Waals surface area contributed by atoms with Crippen LogP contribution in [0.15, 0.2) is 11.1 Å². The van der Waals surface area contributed by atoms with Gasteiger partial charge in [-0.1, -0.05) is 33.1 Å². The van der Waals surface area contributed by atoms with Crippen molar-refractivity contribution in [3.8, 4) is 0 Å². The Morgan fingerprint density at radius 3 is 2.47 bits per heavy atom. The Hall–Kier alpha value is -0.790. The Labute approximate surface area is 92.7 Å². The third-order valence-electron chi connectivity index (χ3n) is 2.91. The van der Waals surface area contributed by atoms with Gasteiger partial charge in [0.05, 0.1) is 0 Å². The topological polar surface area (TPSA) is 26.3 Å². The predicted octanol–water partition coefficient (Wildman–Crippen LogP) is 3.61. The fourth-order valence-corrected chi connectivity index (χ4v) is 1.92. The molecule has 2 nitrogen and oxygen atoms in total. The van der Waals surface area contributed by atoms with Crippen LogP contribution in [0.2, 0.25) is 0 Å². The summed E-state index contributed by atoms with van der Waals surface area (Å²) < 4.78 is 5.09. The first-order valence-corrected chi connectivity index (χ1v) is 6.17. The van der Waals surface area contributed by atoms with Gasteiger partial charge >= 0.3 is 5.97 Å². The molecule has 0 N–H and O–H groups in total. The quantitative estimate of drug-likeness (QED) is 0.474. The standard InChI is InChI=1S/C13H22O2/c1-3-5-7-9-12-11(8-6-4-2)10-15-13(12)14/h3-10H2,1-2H3. The molecule has 1 aliphatic rings. The Morgan fingerprint density at radius 2 is 1.80 bits per heavy atom. The van der Waals surface area contributed by atoms with Gasteiger partial charge in [-0.15, -0.1) is 0 Å². The molecule has 0 spiro atoms. The number of hydrogen-bond acceptors (Lipinski definition) is 2. The van der Waals surface area contributed by atoms with E-state index in [-0.39, 0.29) is 5.97 Å². The van der Waals surface area contributed by atoms with Crippen molar-refractivity contribution >= 4 is 5.97 Å². The third kappa shape index (κ3) is 3.69. The maximum absolute atomic E-state index is 11.5. The summed E-state index contributed by atoms with van der Waals surface area (Å²) >= 11 is 0. The lowest BCUT2D eigenvalue weighted by molar-refractivity contribution is -0.136. The molecule has 1 rings (SSSR count). The second-order valence-corrected chi connectivity index (χ2v) is 4.22. The second kappa shape index (κ2) is 6.65. The molecule has 0 aromatic rings. The molecule has 0 unspecified atom stereocenters. The Bertz CT molecular complexity index is 241. The molecule has 0 amide bonds. The fourth-order valence-electron chi connectivity index (χ4n) is 1.92. The van der Waals surface area contributed by atoms with Gasteiger partial charge in [-0.3, -0.25) is 0 Å². The lowest BCUT2D eigenvalue weighted by Crippen LogP contribution is -1.99. The zero-order valence-electron chi connectivity index (χ0n) is 9.97. The van der Waals surface area contributed by atoms with E-state index in [1.807, 2.05) is 0 Å². The molecule has 0 fully saturated rings. The van der Waals surface area contributed by atoms with E-state index in [9.17, 15) is 4.79 Å². The van der Waals surface area contributed by atoms with Crippen LogP contribution < -0.4 is 0 Å². The SMILES string of the molecule is CCCCCC1=C(CCCC)COC1=O. The molecule has 0 saturated heterocycles. The van der Waals surface area contributed by atoms with Crippen molar-refractivity contribution in [2.45, 2.75) is 58.8 Å². The Kier molecular flexibility index (Phi) is 5.44. The number of hydrogen-bond donors (Lipinski definition) is 0. The summed E-state index contributed by atoms with van der Waals surface area (Å²) in [4.78, 5) is 11.5. The molecule has 0 aliphatic carbocycles. The molecule has 0 atom stereocenters. The molecular formula is C13H22O2. The molecule has 0 aromatic heterocycles. The molecule has 1 heterocycles. The number of ether oxygens (including phenoxy) is 1. The molecular weight excluding hydrogens is 188 g/mol. The maximum atomic E-state index is 11.5. The van der Waals surface area contributed by atoms with Gasteiger partial charge in [0.2, 0.25) is 0 Å². The van der Waals surface area contributed by atoms with Crippen LogP contribution in [0.4, 0.5) is 0 Å². The normalized spacial score (nSPS) is 16.0. The minimum atomic E-state index is -0.0581. The minimum Gasteiger partial charge on any atom is -0.458 e. The van der Waals surface area contributed by atoms with E-state index < -0.39 is 0 Å². The Morgan fingerprint density at radius 1 is 1.07 bits per heavy atom. The summed E-state index contributed by atoms with van der Waals surface area (Å²) in [5, 5.41) is 0. The average Bonchev–Trinajstić information content (AvgIpc) is 2.58. The Balaban J connectivity index is 2.48.